The topological polar surface area (TPSA) is 74.2 Å². The van der Waals surface area contributed by atoms with Gasteiger partial charge in [-0.1, -0.05) is 37.2 Å². The molecule has 2 aromatic rings. The van der Waals surface area contributed by atoms with Gasteiger partial charge < -0.3 is 20.2 Å². The molecule has 0 saturated heterocycles. The Morgan fingerprint density at radius 3 is 2.21 bits per heavy atom. The zero-order valence-electron chi connectivity index (χ0n) is 16.5. The van der Waals surface area contributed by atoms with Crippen molar-refractivity contribution in [1.82, 2.24) is 4.90 Å². The van der Waals surface area contributed by atoms with E-state index in [0.717, 1.165) is 25.4 Å². The van der Waals surface area contributed by atoms with E-state index in [4.69, 9.17) is 4.74 Å². The van der Waals surface area contributed by atoms with Gasteiger partial charge in [-0.2, -0.15) is 0 Å². The zero-order valence-corrected chi connectivity index (χ0v) is 17.3. The quantitative estimate of drug-likeness (QED) is 0.371. The summed E-state index contributed by atoms with van der Waals surface area (Å²) in [5.41, 5.74) is 2.28. The maximum Gasteiger partial charge on any atom is 0.256 e. The number of rotatable bonds is 9. The van der Waals surface area contributed by atoms with Crippen molar-refractivity contribution < 1.29 is 14.7 Å². The number of anilines is 1. The van der Waals surface area contributed by atoms with Crippen LogP contribution in [0.25, 0.3) is 0 Å². The first kappa shape index (κ1) is 23.5. The molecule has 0 aliphatic carbocycles. The molecular formula is C21H28ClN3O3. The normalized spacial score (nSPS) is 11.1. The molecule has 0 atom stereocenters. The number of carbonyl (C=O) groups is 1. The van der Waals surface area contributed by atoms with Crippen LogP contribution in [0.3, 0.4) is 0 Å². The zero-order chi connectivity index (χ0) is 19.6. The Kier molecular flexibility index (Phi) is 10.1. The standard InChI is InChI=1S/C21H27N3O3.ClH/c1-4-24(5-2)15-14-20(23-26)18-8-6-7-9-19(18)21(25)22-16-10-12-17(27-3)13-11-16;/h6-13,26H,4-5,14-15H2,1-3H3,(H,22,25);1H. The number of amides is 1. The fourth-order valence-electron chi connectivity index (χ4n) is 2.85. The lowest BCUT2D eigenvalue weighted by Gasteiger charge is -2.18. The lowest BCUT2D eigenvalue weighted by Crippen LogP contribution is -2.26. The summed E-state index contributed by atoms with van der Waals surface area (Å²) in [4.78, 5) is 15.0. The Balaban J connectivity index is 0.00000392. The van der Waals surface area contributed by atoms with Crippen LogP contribution in [0.4, 0.5) is 5.69 Å². The Bertz CT molecular complexity index is 775. The van der Waals surface area contributed by atoms with Crippen LogP contribution in [0.2, 0.25) is 0 Å². The second kappa shape index (κ2) is 12.0. The van der Waals surface area contributed by atoms with E-state index in [-0.39, 0.29) is 18.3 Å². The number of carbonyl (C=O) groups excluding carboxylic acids is 1. The number of methoxy groups -OCH3 is 1. The van der Waals surface area contributed by atoms with Gasteiger partial charge >= 0.3 is 0 Å². The van der Waals surface area contributed by atoms with Gasteiger partial charge in [0.25, 0.3) is 5.91 Å². The second-order valence-electron chi connectivity index (χ2n) is 6.05. The monoisotopic (exact) mass is 405 g/mol. The van der Waals surface area contributed by atoms with Crippen LogP contribution in [0.15, 0.2) is 53.7 Å². The molecule has 7 heteroatoms. The van der Waals surface area contributed by atoms with Crippen molar-refractivity contribution in [3.8, 4) is 5.75 Å². The molecule has 0 bridgehead atoms. The molecule has 0 heterocycles. The van der Waals surface area contributed by atoms with Gasteiger partial charge in [-0.3, -0.25) is 4.79 Å². The molecule has 2 aromatic carbocycles. The molecule has 0 aliphatic rings. The summed E-state index contributed by atoms with van der Waals surface area (Å²) in [6.07, 6.45) is 0.561. The lowest BCUT2D eigenvalue weighted by atomic mass is 10.00. The molecule has 0 unspecified atom stereocenters. The highest BCUT2D eigenvalue weighted by molar-refractivity contribution is 6.14. The highest BCUT2D eigenvalue weighted by Gasteiger charge is 2.16. The van der Waals surface area contributed by atoms with E-state index in [1.807, 2.05) is 6.07 Å². The van der Waals surface area contributed by atoms with Gasteiger partial charge in [0, 0.05) is 29.8 Å². The van der Waals surface area contributed by atoms with Crippen LogP contribution in [0.5, 0.6) is 5.75 Å². The van der Waals surface area contributed by atoms with Gasteiger partial charge in [0.05, 0.1) is 12.8 Å². The summed E-state index contributed by atoms with van der Waals surface area (Å²) in [6.45, 7) is 6.80. The summed E-state index contributed by atoms with van der Waals surface area (Å²) in [6, 6.07) is 14.3. The largest absolute Gasteiger partial charge is 0.497 e. The number of nitrogens with one attached hydrogen (secondary N) is 1. The molecule has 0 aliphatic heterocycles. The summed E-state index contributed by atoms with van der Waals surface area (Å²) < 4.78 is 5.13. The van der Waals surface area contributed by atoms with Crippen molar-refractivity contribution in [3.63, 3.8) is 0 Å². The number of hydrogen-bond donors (Lipinski definition) is 2. The van der Waals surface area contributed by atoms with Gasteiger partial charge in [-0.05, 0) is 43.4 Å². The number of benzene rings is 2. The van der Waals surface area contributed by atoms with Crippen molar-refractivity contribution in [2.24, 2.45) is 5.16 Å². The van der Waals surface area contributed by atoms with Crippen LogP contribution in [0.1, 0.15) is 36.2 Å². The minimum absolute atomic E-state index is 0. The molecule has 0 radical (unpaired) electrons. The maximum atomic E-state index is 12.8. The first-order chi connectivity index (χ1) is 13.1. The van der Waals surface area contributed by atoms with Gasteiger partial charge in [0.15, 0.2) is 0 Å². The molecule has 152 valence electrons. The SMILES string of the molecule is CCN(CC)CCC(=NO)c1ccccc1C(=O)Nc1ccc(OC)cc1.Cl. The molecule has 2 rings (SSSR count). The van der Waals surface area contributed by atoms with Crippen LogP contribution in [-0.4, -0.2) is 48.5 Å². The van der Waals surface area contributed by atoms with Gasteiger partial charge in [-0.25, -0.2) is 0 Å². The Morgan fingerprint density at radius 1 is 1.07 bits per heavy atom. The number of nitrogens with zero attached hydrogens (tertiary/aromatic N) is 2. The molecule has 0 aromatic heterocycles. The summed E-state index contributed by atoms with van der Waals surface area (Å²) in [5.74, 6) is 0.472. The van der Waals surface area contributed by atoms with Crippen molar-refractivity contribution in [3.05, 3.63) is 59.7 Å². The third kappa shape index (κ3) is 6.25. The third-order valence-electron chi connectivity index (χ3n) is 4.51. The maximum absolute atomic E-state index is 12.8. The molecule has 1 amide bonds. The highest BCUT2D eigenvalue weighted by atomic mass is 35.5. The number of ether oxygens (including phenoxy) is 1. The fraction of sp³-hybridized carbons (Fsp3) is 0.333. The average molecular weight is 406 g/mol. The minimum atomic E-state index is -0.250. The van der Waals surface area contributed by atoms with E-state index in [0.29, 0.717) is 28.9 Å². The smallest absolute Gasteiger partial charge is 0.256 e. The molecule has 0 saturated carbocycles. The van der Waals surface area contributed by atoms with Crippen LogP contribution in [0, 0.1) is 0 Å². The lowest BCUT2D eigenvalue weighted by molar-refractivity contribution is 0.102. The van der Waals surface area contributed by atoms with Crippen molar-refractivity contribution in [1.29, 1.82) is 0 Å². The predicted molar refractivity (Wildman–Crippen MR) is 115 cm³/mol. The van der Waals surface area contributed by atoms with E-state index in [9.17, 15) is 10.0 Å². The predicted octanol–water partition coefficient (Wildman–Crippen LogP) is 4.28. The van der Waals surface area contributed by atoms with E-state index >= 15 is 0 Å². The van der Waals surface area contributed by atoms with Gasteiger partial charge in [-0.15, -0.1) is 12.4 Å². The summed E-state index contributed by atoms with van der Waals surface area (Å²) in [5, 5.41) is 15.9. The first-order valence-corrected chi connectivity index (χ1v) is 9.11. The fourth-order valence-corrected chi connectivity index (χ4v) is 2.85. The van der Waals surface area contributed by atoms with E-state index < -0.39 is 0 Å². The van der Waals surface area contributed by atoms with E-state index in [1.165, 1.54) is 0 Å². The molecular weight excluding hydrogens is 378 g/mol. The highest BCUT2D eigenvalue weighted by Crippen LogP contribution is 2.18. The molecule has 0 fully saturated rings. The molecule has 6 nitrogen and oxygen atoms in total. The van der Waals surface area contributed by atoms with Crippen LogP contribution in [-0.2, 0) is 0 Å². The first-order valence-electron chi connectivity index (χ1n) is 9.11. The average Bonchev–Trinajstić information content (AvgIpc) is 2.72. The Labute approximate surface area is 172 Å². The molecule has 0 spiro atoms. The Hall–Kier alpha value is -2.57. The van der Waals surface area contributed by atoms with Crippen molar-refractivity contribution in [2.75, 3.05) is 32.1 Å². The van der Waals surface area contributed by atoms with Crippen LogP contribution < -0.4 is 10.1 Å². The van der Waals surface area contributed by atoms with Gasteiger partial charge in [0.2, 0.25) is 0 Å². The molecule has 2 N–H and O–H groups in total. The number of halogens is 1. The van der Waals surface area contributed by atoms with Crippen LogP contribution >= 0.6 is 12.4 Å². The number of oxime groups is 1. The van der Waals surface area contributed by atoms with E-state index in [1.54, 1.807) is 49.6 Å². The minimum Gasteiger partial charge on any atom is -0.497 e. The van der Waals surface area contributed by atoms with E-state index in [2.05, 4.69) is 29.2 Å². The summed E-state index contributed by atoms with van der Waals surface area (Å²) >= 11 is 0. The Morgan fingerprint density at radius 2 is 1.68 bits per heavy atom. The van der Waals surface area contributed by atoms with Crippen molar-refractivity contribution >= 4 is 29.7 Å². The summed E-state index contributed by atoms with van der Waals surface area (Å²) in [7, 11) is 1.60. The number of hydrogen-bond acceptors (Lipinski definition) is 5. The second-order valence-corrected chi connectivity index (χ2v) is 6.05. The van der Waals surface area contributed by atoms with Crippen molar-refractivity contribution in [2.45, 2.75) is 20.3 Å². The van der Waals surface area contributed by atoms with Gasteiger partial charge in [0.1, 0.15) is 5.75 Å². The molecule has 28 heavy (non-hydrogen) atoms. The third-order valence-corrected chi connectivity index (χ3v) is 4.51.